The summed E-state index contributed by atoms with van der Waals surface area (Å²) in [6, 6.07) is 4.97. The van der Waals surface area contributed by atoms with E-state index in [2.05, 4.69) is 5.32 Å². The molecule has 0 aromatic heterocycles. The maximum Gasteiger partial charge on any atom is 0.416 e. The minimum Gasteiger partial charge on any atom is -0.372 e. The number of rotatable bonds is 2. The van der Waals surface area contributed by atoms with Crippen LogP contribution in [0.4, 0.5) is 18.9 Å². The molecule has 0 fully saturated rings. The molecule has 5 heteroatoms. The fraction of sp³-hybridized carbons (Fsp3) is 0.250. The molecule has 1 N–H and O–H groups in total. The van der Waals surface area contributed by atoms with E-state index in [1.54, 1.807) is 0 Å². The summed E-state index contributed by atoms with van der Waals surface area (Å²) in [5.41, 5.74) is -0.313. The minimum absolute atomic E-state index is 0.0846. The van der Waals surface area contributed by atoms with E-state index in [0.29, 0.717) is 5.69 Å². The summed E-state index contributed by atoms with van der Waals surface area (Å²) in [7, 11) is 0. The highest BCUT2D eigenvalue weighted by Crippen LogP contribution is 2.30. The Morgan fingerprint density at radius 3 is 2.54 bits per heavy atom. The monoisotopic (exact) mass is 209 g/mol. The van der Waals surface area contributed by atoms with E-state index in [9.17, 15) is 13.2 Å². The molecule has 1 rings (SSSR count). The van der Waals surface area contributed by atoms with Gasteiger partial charge >= 0.3 is 6.18 Å². The number of alkyl halides is 4. The largest absolute Gasteiger partial charge is 0.416 e. The van der Waals surface area contributed by atoms with Gasteiger partial charge in [-0.2, -0.15) is 13.2 Å². The second-order valence-corrected chi connectivity index (χ2v) is 2.66. The summed E-state index contributed by atoms with van der Waals surface area (Å²) in [6.07, 6.45) is -4.30. The van der Waals surface area contributed by atoms with Crippen LogP contribution >= 0.6 is 11.6 Å². The van der Waals surface area contributed by atoms with Crippen molar-refractivity contribution in [3.63, 3.8) is 0 Å². The van der Waals surface area contributed by atoms with Gasteiger partial charge in [-0.3, -0.25) is 0 Å². The third-order valence-corrected chi connectivity index (χ3v) is 1.59. The summed E-state index contributed by atoms with van der Waals surface area (Å²) >= 11 is 5.31. The first-order valence-electron chi connectivity index (χ1n) is 3.51. The normalized spacial score (nSPS) is 11.4. The standard InChI is InChI=1S/C8H7ClF3N/c9-5-13-7-3-1-2-6(4-7)8(10,11)12/h1-4,13H,5H2. The van der Waals surface area contributed by atoms with E-state index in [1.807, 2.05) is 0 Å². The molecule has 0 bridgehead atoms. The molecule has 0 heterocycles. The van der Waals surface area contributed by atoms with Gasteiger partial charge in [-0.05, 0) is 18.2 Å². The van der Waals surface area contributed by atoms with Crippen molar-refractivity contribution in [2.24, 2.45) is 0 Å². The van der Waals surface area contributed by atoms with Crippen LogP contribution in [-0.2, 0) is 6.18 Å². The molecule has 1 aromatic rings. The van der Waals surface area contributed by atoms with E-state index in [1.165, 1.54) is 12.1 Å². The Morgan fingerprint density at radius 2 is 2.00 bits per heavy atom. The highest BCUT2D eigenvalue weighted by molar-refractivity contribution is 6.18. The van der Waals surface area contributed by atoms with Gasteiger partial charge in [-0.25, -0.2) is 0 Å². The molecule has 0 amide bonds. The average molecular weight is 210 g/mol. The number of anilines is 1. The highest BCUT2D eigenvalue weighted by atomic mass is 35.5. The van der Waals surface area contributed by atoms with Crippen molar-refractivity contribution in [2.75, 3.05) is 11.3 Å². The predicted molar refractivity (Wildman–Crippen MR) is 45.8 cm³/mol. The molecule has 1 aromatic carbocycles. The lowest BCUT2D eigenvalue weighted by atomic mass is 10.2. The summed E-state index contributed by atoms with van der Waals surface area (Å²) in [6.45, 7) is 0. The molecule has 0 aliphatic carbocycles. The van der Waals surface area contributed by atoms with Gasteiger partial charge in [0.25, 0.3) is 0 Å². The fourth-order valence-electron chi connectivity index (χ4n) is 0.883. The molecule has 0 aliphatic rings. The van der Waals surface area contributed by atoms with E-state index in [-0.39, 0.29) is 6.00 Å². The van der Waals surface area contributed by atoms with Gasteiger partial charge < -0.3 is 5.32 Å². The smallest absolute Gasteiger partial charge is 0.372 e. The van der Waals surface area contributed by atoms with Crippen molar-refractivity contribution < 1.29 is 13.2 Å². The second kappa shape index (κ2) is 3.87. The average Bonchev–Trinajstić information content (AvgIpc) is 2.04. The van der Waals surface area contributed by atoms with Crippen LogP contribution in [-0.4, -0.2) is 6.00 Å². The first-order chi connectivity index (χ1) is 6.04. The number of hydrogen-bond donors (Lipinski definition) is 1. The van der Waals surface area contributed by atoms with E-state index < -0.39 is 11.7 Å². The van der Waals surface area contributed by atoms with Crippen molar-refractivity contribution >= 4 is 17.3 Å². The summed E-state index contributed by atoms with van der Waals surface area (Å²) in [5.74, 6) is 0. The topological polar surface area (TPSA) is 12.0 Å². The van der Waals surface area contributed by atoms with Crippen molar-refractivity contribution in [1.82, 2.24) is 0 Å². The van der Waals surface area contributed by atoms with Gasteiger partial charge in [0.15, 0.2) is 0 Å². The molecule has 13 heavy (non-hydrogen) atoms. The Morgan fingerprint density at radius 1 is 1.31 bits per heavy atom. The predicted octanol–water partition coefficient (Wildman–Crippen LogP) is 3.31. The van der Waals surface area contributed by atoms with Crippen LogP contribution in [0.3, 0.4) is 0 Å². The molecule has 0 saturated carbocycles. The lowest BCUT2D eigenvalue weighted by molar-refractivity contribution is -0.137. The van der Waals surface area contributed by atoms with E-state index in [4.69, 9.17) is 11.6 Å². The molecule has 0 saturated heterocycles. The Labute approximate surface area is 78.5 Å². The van der Waals surface area contributed by atoms with E-state index >= 15 is 0 Å². The molecule has 72 valence electrons. The van der Waals surface area contributed by atoms with Crippen LogP contribution in [0.2, 0.25) is 0 Å². The van der Waals surface area contributed by atoms with Crippen LogP contribution in [0.25, 0.3) is 0 Å². The maximum atomic E-state index is 12.1. The molecule has 0 radical (unpaired) electrons. The summed E-state index contributed by atoms with van der Waals surface area (Å²) in [4.78, 5) is 0. The number of hydrogen-bond acceptors (Lipinski definition) is 1. The van der Waals surface area contributed by atoms with Gasteiger partial charge in [-0.1, -0.05) is 6.07 Å². The van der Waals surface area contributed by atoms with Crippen LogP contribution < -0.4 is 5.32 Å². The lowest BCUT2D eigenvalue weighted by Crippen LogP contribution is -2.05. The highest BCUT2D eigenvalue weighted by Gasteiger charge is 2.30. The van der Waals surface area contributed by atoms with Crippen LogP contribution in [0.15, 0.2) is 24.3 Å². The number of nitrogens with one attached hydrogen (secondary N) is 1. The van der Waals surface area contributed by atoms with Gasteiger partial charge in [0, 0.05) is 5.69 Å². The van der Waals surface area contributed by atoms with Crippen LogP contribution in [0.5, 0.6) is 0 Å². The fourth-order valence-corrected chi connectivity index (χ4v) is 1.04. The Kier molecular flexibility index (Phi) is 3.03. The zero-order chi connectivity index (χ0) is 9.90. The third-order valence-electron chi connectivity index (χ3n) is 1.46. The second-order valence-electron chi connectivity index (χ2n) is 2.39. The molecule has 1 nitrogen and oxygen atoms in total. The molecule has 0 spiro atoms. The van der Waals surface area contributed by atoms with Crippen LogP contribution in [0, 0.1) is 0 Å². The Bertz CT molecular complexity index is 285. The summed E-state index contributed by atoms with van der Waals surface area (Å²) in [5, 5.41) is 2.59. The van der Waals surface area contributed by atoms with Gasteiger partial charge in [-0.15, -0.1) is 11.6 Å². The molecule has 0 atom stereocenters. The van der Waals surface area contributed by atoms with Gasteiger partial charge in [0.2, 0.25) is 0 Å². The Balaban J connectivity index is 2.92. The van der Waals surface area contributed by atoms with Crippen molar-refractivity contribution in [1.29, 1.82) is 0 Å². The maximum absolute atomic E-state index is 12.1. The first-order valence-corrected chi connectivity index (χ1v) is 4.04. The van der Waals surface area contributed by atoms with Gasteiger partial charge in [0.1, 0.15) is 0 Å². The SMILES string of the molecule is FC(F)(F)c1cccc(NCCl)c1. The van der Waals surface area contributed by atoms with Crippen molar-refractivity contribution in [3.05, 3.63) is 29.8 Å². The number of halogens is 4. The molecule has 0 unspecified atom stereocenters. The molecular formula is C8H7ClF3N. The van der Waals surface area contributed by atoms with Gasteiger partial charge in [0.05, 0.1) is 11.6 Å². The summed E-state index contributed by atoms with van der Waals surface area (Å²) < 4.78 is 36.4. The first kappa shape index (κ1) is 10.2. The lowest BCUT2D eigenvalue weighted by Gasteiger charge is -2.08. The Hall–Kier alpha value is -0.900. The minimum atomic E-state index is -4.30. The quantitative estimate of drug-likeness (QED) is 0.582. The van der Waals surface area contributed by atoms with Crippen LogP contribution in [0.1, 0.15) is 5.56 Å². The zero-order valence-electron chi connectivity index (χ0n) is 6.53. The third kappa shape index (κ3) is 2.81. The zero-order valence-corrected chi connectivity index (χ0v) is 7.28. The van der Waals surface area contributed by atoms with Crippen molar-refractivity contribution in [2.45, 2.75) is 6.18 Å². The number of benzene rings is 1. The molecular weight excluding hydrogens is 203 g/mol. The van der Waals surface area contributed by atoms with Crippen molar-refractivity contribution in [3.8, 4) is 0 Å². The van der Waals surface area contributed by atoms with E-state index in [0.717, 1.165) is 12.1 Å². The molecule has 0 aliphatic heterocycles.